The number of urea groups is 2. The minimum Gasteiger partial charge on any atom is -0.477 e. The van der Waals surface area contributed by atoms with Crippen molar-refractivity contribution in [3.8, 4) is 11.8 Å². The van der Waals surface area contributed by atoms with Crippen molar-refractivity contribution in [1.29, 1.82) is 0 Å². The van der Waals surface area contributed by atoms with Gasteiger partial charge in [0.05, 0.1) is 138 Å². The molecule has 0 spiro atoms. The summed E-state index contributed by atoms with van der Waals surface area (Å²) in [7, 11) is 8.50. The predicted molar refractivity (Wildman–Crippen MR) is 528 cm³/mol. The molecule has 0 unspecified atom stereocenters. The van der Waals surface area contributed by atoms with Crippen molar-refractivity contribution in [2.24, 2.45) is 0 Å². The summed E-state index contributed by atoms with van der Waals surface area (Å²) < 4.78 is 31.1. The predicted octanol–water partition coefficient (Wildman–Crippen LogP) is 23.4. The van der Waals surface area contributed by atoms with Crippen molar-refractivity contribution in [3.63, 3.8) is 0 Å². The first-order valence-electron chi connectivity index (χ1n) is 37.9. The van der Waals surface area contributed by atoms with Gasteiger partial charge in [-0.25, -0.2) is 62.9 Å². The van der Waals surface area contributed by atoms with Gasteiger partial charge in [-0.1, -0.05) is 212 Å². The molecule has 14 aromatic rings. The van der Waals surface area contributed by atoms with Gasteiger partial charge in [0, 0.05) is 91.3 Å². The van der Waals surface area contributed by atoms with E-state index in [0.717, 1.165) is 12.1 Å². The molecule has 9 N–H and O–H groups in total. The molecule has 4 aromatic heterocycles. The Hall–Kier alpha value is -13.9. The summed E-state index contributed by atoms with van der Waals surface area (Å²) in [4.78, 5) is 147. The average Bonchev–Trinajstić information content (AvgIpc) is 0.790. The van der Waals surface area contributed by atoms with Crippen molar-refractivity contribution < 1.29 is 86.2 Å². The number of pyridine rings is 4. The summed E-state index contributed by atoms with van der Waals surface area (Å²) in [5, 5.41) is 24.1. The summed E-state index contributed by atoms with van der Waals surface area (Å²) in [5.74, 6) is -2.21. The number of fused-ring (bicyclic) bond motifs is 4. The molecule has 30 nitrogen and oxygen atoms in total. The molecule has 0 bridgehead atoms. The van der Waals surface area contributed by atoms with Crippen LogP contribution in [0.25, 0.3) is 43.6 Å². The summed E-state index contributed by atoms with van der Waals surface area (Å²) in [6.45, 7) is 0. The van der Waals surface area contributed by atoms with Crippen LogP contribution in [0.4, 0.5) is 60.8 Å². The number of aromatic nitrogens is 4. The number of aromatic amines is 1. The Morgan fingerprint density at radius 3 is 1.10 bits per heavy atom. The number of benzene rings is 10. The smallest absolute Gasteiger partial charge is 0.384 e. The minimum absolute atomic E-state index is 0.0135. The van der Waals surface area contributed by atoms with Gasteiger partial charge in [0.2, 0.25) is 0 Å². The molecule has 4 heterocycles. The number of rotatable bonds is 14. The molecule has 0 aliphatic carbocycles. The third kappa shape index (κ3) is 30.8. The molecule has 42 heteroatoms. The van der Waals surface area contributed by atoms with Crippen molar-refractivity contribution in [2.75, 3.05) is 87.0 Å². The fourth-order valence-electron chi connectivity index (χ4n) is 11.6. The van der Waals surface area contributed by atoms with Gasteiger partial charge in [0.1, 0.15) is 11.4 Å². The first-order valence-corrected chi connectivity index (χ1v) is 42.4. The highest BCUT2D eigenvalue weighted by Gasteiger charge is 2.26. The highest BCUT2D eigenvalue weighted by atomic mass is 35.5. The average molecular weight is 2070 g/mol. The third-order valence-corrected chi connectivity index (χ3v) is 20.2. The number of carbonyl (C=O) groups is 10. The molecule has 14 rings (SSSR count). The normalized spacial score (nSPS) is 10.3. The molecule has 0 aliphatic heterocycles. The number of carboxylic acid groups (broad SMARTS) is 1. The maximum absolute atomic E-state index is 13.5. The summed E-state index contributed by atoms with van der Waals surface area (Å²) in [6.07, 6.45) is 0.973. The second kappa shape index (κ2) is 51.4. The topological polar surface area (TPSA) is 422 Å². The third-order valence-electron chi connectivity index (χ3n) is 17.2. The van der Waals surface area contributed by atoms with E-state index in [1.165, 1.54) is 108 Å². The number of hydrogen-bond acceptors (Lipinski definition) is 24. The van der Waals surface area contributed by atoms with Crippen LogP contribution in [0.5, 0.6) is 0 Å². The quantitative estimate of drug-likeness (QED) is 0.0133. The zero-order chi connectivity index (χ0) is 99.0. The van der Waals surface area contributed by atoms with Gasteiger partial charge in [-0.05, 0) is 152 Å². The Balaban J connectivity index is 0.000000202. The number of H-pyrrole nitrogens is 1. The van der Waals surface area contributed by atoms with Gasteiger partial charge in [-0.15, -0.1) is 0 Å². The molecule has 135 heavy (non-hydrogen) atoms. The van der Waals surface area contributed by atoms with E-state index >= 15 is 0 Å². The number of nitrogens with zero attached hydrogens (tertiary/aromatic N) is 5. The number of anilines is 9. The molecule has 0 saturated carbocycles. The van der Waals surface area contributed by atoms with Crippen molar-refractivity contribution in [1.82, 2.24) is 19.9 Å². The number of methoxy groups -OCH3 is 7. The van der Waals surface area contributed by atoms with Crippen LogP contribution in [-0.2, 0) is 52.3 Å². The van der Waals surface area contributed by atoms with Crippen molar-refractivity contribution >= 4 is 294 Å². The maximum atomic E-state index is 13.5. The second-order valence-corrected chi connectivity index (χ2v) is 31.5. The highest BCUT2D eigenvalue weighted by molar-refractivity contribution is 6.42. The van der Waals surface area contributed by atoms with E-state index in [1.807, 2.05) is 109 Å². The van der Waals surface area contributed by atoms with Crippen LogP contribution in [0.2, 0.25) is 60.3 Å². The van der Waals surface area contributed by atoms with Crippen LogP contribution >= 0.6 is 139 Å². The first-order chi connectivity index (χ1) is 64.3. The molecule has 0 saturated heterocycles. The van der Waals surface area contributed by atoms with E-state index < -0.39 is 59.8 Å². The SMILES string of the molecule is COC(=O)/C=C(/Nc1cc(Cl)cc(Cl)c1)C(=O)OC.COC(=O)C#CC(=O)OC.COC(=O)c1cc(=O)c2c(Cl)cc(Cl)cc2[nH]1.COC(=O)c1cc(N)c2c(Cl)cc(Cl)cc2n1.COC(=O)c1cc(NC(=O)N(c2ccccc2)c2ccccc2)c2c(Cl)cc(Cl)cc2n1.Nc1cc(Cl)cc(Cl)c1.O=C(O)c1cc(NC(=O)N(c2ccccc2)c2ccccc2)c2c(Cl)cc(Cl)cc2n1. The van der Waals surface area contributed by atoms with Crippen LogP contribution in [0.1, 0.15) is 42.0 Å². The number of ether oxygens (including phenoxy) is 7. The summed E-state index contributed by atoms with van der Waals surface area (Å²) in [6, 6.07) is 62.7. The van der Waals surface area contributed by atoms with Crippen LogP contribution in [0.3, 0.4) is 0 Å². The Morgan fingerprint density at radius 1 is 0.378 bits per heavy atom. The number of nitrogens with two attached hydrogens (primary N) is 2. The Labute approximate surface area is 827 Å². The molecule has 694 valence electrons. The number of nitrogens with one attached hydrogen (secondary N) is 4. The number of esters is 7. The number of para-hydroxylation sites is 4. The maximum Gasteiger partial charge on any atom is 0.384 e. The lowest BCUT2D eigenvalue weighted by molar-refractivity contribution is -0.138. The van der Waals surface area contributed by atoms with Gasteiger partial charge in [0.25, 0.3) is 0 Å². The number of hydrogen-bond donors (Lipinski definition) is 7. The zero-order valence-corrected chi connectivity index (χ0v) is 79.8. The van der Waals surface area contributed by atoms with E-state index in [0.29, 0.717) is 129 Å². The first kappa shape index (κ1) is 106. The van der Waals surface area contributed by atoms with Gasteiger partial charge < -0.3 is 70.7 Å². The summed E-state index contributed by atoms with van der Waals surface area (Å²) in [5.41, 5.74) is 16.7. The molecule has 0 atom stereocenters. The van der Waals surface area contributed by atoms with Gasteiger partial charge in [-0.2, -0.15) is 0 Å². The monoisotopic (exact) mass is 2060 g/mol. The van der Waals surface area contributed by atoms with Gasteiger partial charge in [0.15, 0.2) is 22.5 Å². The number of aromatic carboxylic acids is 1. The van der Waals surface area contributed by atoms with Crippen LogP contribution in [-0.4, -0.2) is 135 Å². The molecular weight excluding hydrogens is 2000 g/mol. The van der Waals surface area contributed by atoms with E-state index in [-0.39, 0.29) is 60.2 Å². The molecule has 10 aromatic carbocycles. The van der Waals surface area contributed by atoms with Crippen molar-refractivity contribution in [3.05, 3.63) is 336 Å². The standard InChI is InChI=1S/C24H17Cl2N3O3.C23H15Cl2N3O3.C12H11Cl2NO4.C11H8Cl2N2O2.C11H7Cl2NO3.C6H5Cl2N.C6H6O4/c1-32-23(30)21-14-20(22-18(26)12-15(25)13-19(22)27-21)28-24(31)29(16-8-4-2-5-9-16)17-10-6-3-7-11-17;24-14-11-17(25)21-18(12-14)26-20(22(29)30)13-19(21)27-23(31)28(15-7-3-1-4-8-15)16-9-5-2-6-10-16;1-18-11(16)6-10(12(17)19-2)15-9-4-7(13)3-8(14)5-9;1-17-11(16)9-4-7(14)10-6(13)2-5(12)3-8(10)15-9;1-17-11(16)8-4-9(15)10-6(13)2-5(12)3-7(10)14-8;7-4-1-5(8)3-6(9)2-4;1-9-5(7)3-4-6(8)10-2/h2-14H,1H3,(H,27,28,31);1-13H,(H,29,30)(H,26,27,31);3-6,15H,1-2H3;2-4H,1H3,(H2,14,15);2-4H,1H3,(H,14,15);1-3H,9H2;1-2H3/b;;10-6+;;;;. The summed E-state index contributed by atoms with van der Waals surface area (Å²) >= 11 is 71.4. The largest absolute Gasteiger partial charge is 0.477 e. The molecular formula is C93H69Cl12N11O19. The van der Waals surface area contributed by atoms with E-state index in [4.69, 9.17) is 155 Å². The lowest BCUT2D eigenvalue weighted by atomic mass is 10.1. The highest BCUT2D eigenvalue weighted by Crippen LogP contribution is 2.39. The zero-order valence-electron chi connectivity index (χ0n) is 70.7. The number of nitrogen functional groups attached to an aromatic ring is 2. The number of amides is 4. The Kier molecular flexibility index (Phi) is 40.5. The molecule has 0 radical (unpaired) electrons. The Morgan fingerprint density at radius 2 is 0.726 bits per heavy atom. The number of carboxylic acids is 1. The van der Waals surface area contributed by atoms with Crippen LogP contribution in [0.15, 0.2) is 247 Å². The number of halogens is 12. The lowest BCUT2D eigenvalue weighted by Gasteiger charge is -2.24. The lowest BCUT2D eigenvalue weighted by Crippen LogP contribution is -2.31. The van der Waals surface area contributed by atoms with Gasteiger partial charge in [-0.3, -0.25) is 14.6 Å². The van der Waals surface area contributed by atoms with E-state index in [2.05, 4.69) is 64.3 Å². The van der Waals surface area contributed by atoms with Gasteiger partial charge >= 0.3 is 59.8 Å². The molecule has 0 aliphatic rings. The van der Waals surface area contributed by atoms with E-state index in [1.54, 1.807) is 78.9 Å². The van der Waals surface area contributed by atoms with Crippen molar-refractivity contribution in [2.45, 2.75) is 0 Å². The Bertz CT molecular complexity index is 6800. The second-order valence-electron chi connectivity index (χ2n) is 26.4. The fourth-order valence-corrected chi connectivity index (χ4v) is 15.0. The van der Waals surface area contributed by atoms with E-state index in [9.17, 15) is 57.8 Å². The number of carbonyl (C=O) groups excluding carboxylic acids is 9. The minimum atomic E-state index is -1.24. The van der Waals surface area contributed by atoms with Crippen LogP contribution < -0.4 is 42.6 Å². The van der Waals surface area contributed by atoms with Crippen LogP contribution in [0, 0.1) is 11.8 Å². The fraction of sp³-hybridized carbons (Fsp3) is 0.0753. The molecule has 0 fully saturated rings. The molecule has 4 amide bonds.